The molecule has 1 aliphatic rings. The SMILES string of the molecule is CCOC(=O)C(=Cc1ccc2c(c1)C(C)(C)CCC2(C)C)C(=O)OCC. The highest BCUT2D eigenvalue weighted by atomic mass is 16.6. The molecule has 0 saturated heterocycles. The minimum Gasteiger partial charge on any atom is -0.462 e. The average molecular weight is 358 g/mol. The van der Waals surface area contributed by atoms with Crippen LogP contribution >= 0.6 is 0 Å². The summed E-state index contributed by atoms with van der Waals surface area (Å²) in [6.45, 7) is 12.9. The van der Waals surface area contributed by atoms with Gasteiger partial charge in [-0.05, 0) is 60.3 Å². The number of benzene rings is 1. The Bertz CT molecular complexity index is 706. The maximum absolute atomic E-state index is 12.2. The molecule has 0 aromatic heterocycles. The van der Waals surface area contributed by atoms with Crippen molar-refractivity contribution < 1.29 is 19.1 Å². The van der Waals surface area contributed by atoms with Crippen LogP contribution in [0.5, 0.6) is 0 Å². The molecule has 4 nitrogen and oxygen atoms in total. The molecule has 0 N–H and O–H groups in total. The quantitative estimate of drug-likeness (QED) is 0.335. The molecule has 142 valence electrons. The monoisotopic (exact) mass is 358 g/mol. The van der Waals surface area contributed by atoms with Crippen LogP contribution in [0.25, 0.3) is 6.08 Å². The van der Waals surface area contributed by atoms with E-state index in [4.69, 9.17) is 9.47 Å². The van der Waals surface area contributed by atoms with Crippen molar-refractivity contribution in [3.05, 3.63) is 40.5 Å². The lowest BCUT2D eigenvalue weighted by Crippen LogP contribution is -2.33. The van der Waals surface area contributed by atoms with Crippen LogP contribution in [-0.4, -0.2) is 25.2 Å². The Morgan fingerprint density at radius 1 is 0.923 bits per heavy atom. The van der Waals surface area contributed by atoms with Gasteiger partial charge in [0.1, 0.15) is 5.57 Å². The van der Waals surface area contributed by atoms with E-state index in [0.717, 1.165) is 18.4 Å². The second kappa shape index (κ2) is 7.65. The van der Waals surface area contributed by atoms with E-state index in [1.807, 2.05) is 6.07 Å². The van der Waals surface area contributed by atoms with Gasteiger partial charge in [-0.25, -0.2) is 9.59 Å². The van der Waals surface area contributed by atoms with Crippen LogP contribution in [0.3, 0.4) is 0 Å². The second-order valence-corrected chi connectivity index (χ2v) is 8.07. The first kappa shape index (κ1) is 20.2. The highest BCUT2D eigenvalue weighted by Gasteiger charge is 2.37. The van der Waals surface area contributed by atoms with Gasteiger partial charge in [0.05, 0.1) is 13.2 Å². The van der Waals surface area contributed by atoms with Gasteiger partial charge in [0.25, 0.3) is 0 Å². The molecular formula is C22H30O4. The van der Waals surface area contributed by atoms with E-state index in [2.05, 4.69) is 39.8 Å². The van der Waals surface area contributed by atoms with Gasteiger partial charge in [0.2, 0.25) is 0 Å². The average Bonchev–Trinajstić information content (AvgIpc) is 2.57. The molecule has 0 unspecified atom stereocenters. The third-order valence-electron chi connectivity index (χ3n) is 5.18. The van der Waals surface area contributed by atoms with E-state index in [-0.39, 0.29) is 29.6 Å². The van der Waals surface area contributed by atoms with E-state index in [9.17, 15) is 9.59 Å². The zero-order valence-electron chi connectivity index (χ0n) is 16.8. The van der Waals surface area contributed by atoms with Gasteiger partial charge in [-0.3, -0.25) is 0 Å². The van der Waals surface area contributed by atoms with Gasteiger partial charge in [0.15, 0.2) is 0 Å². The number of fused-ring (bicyclic) bond motifs is 1. The van der Waals surface area contributed by atoms with Gasteiger partial charge in [-0.2, -0.15) is 0 Å². The van der Waals surface area contributed by atoms with Crippen LogP contribution in [0.1, 0.15) is 71.1 Å². The molecule has 0 aliphatic heterocycles. The first-order valence-corrected chi connectivity index (χ1v) is 9.33. The fourth-order valence-electron chi connectivity index (χ4n) is 3.48. The minimum atomic E-state index is -0.650. The first-order valence-electron chi connectivity index (χ1n) is 9.33. The number of hydrogen-bond donors (Lipinski definition) is 0. The molecule has 0 heterocycles. The predicted molar refractivity (Wildman–Crippen MR) is 103 cm³/mol. The summed E-state index contributed by atoms with van der Waals surface area (Å²) in [6, 6.07) is 6.17. The molecule has 1 aromatic rings. The number of hydrogen-bond acceptors (Lipinski definition) is 4. The maximum Gasteiger partial charge on any atom is 0.345 e. The molecule has 0 spiro atoms. The lowest BCUT2D eigenvalue weighted by atomic mass is 9.63. The van der Waals surface area contributed by atoms with Crippen LogP contribution in [0.4, 0.5) is 0 Å². The van der Waals surface area contributed by atoms with Crippen LogP contribution in [-0.2, 0) is 29.9 Å². The zero-order chi connectivity index (χ0) is 19.5. The molecule has 0 fully saturated rings. The highest BCUT2D eigenvalue weighted by molar-refractivity contribution is 6.17. The molecule has 0 radical (unpaired) electrons. The lowest BCUT2D eigenvalue weighted by Gasteiger charge is -2.42. The van der Waals surface area contributed by atoms with E-state index in [1.54, 1.807) is 19.9 Å². The number of carbonyl (C=O) groups excluding carboxylic acids is 2. The van der Waals surface area contributed by atoms with Crippen molar-refractivity contribution in [2.45, 2.75) is 65.2 Å². The van der Waals surface area contributed by atoms with Crippen molar-refractivity contribution in [3.8, 4) is 0 Å². The molecule has 2 rings (SSSR count). The van der Waals surface area contributed by atoms with Gasteiger partial charge in [-0.1, -0.05) is 45.9 Å². The number of rotatable bonds is 5. The summed E-state index contributed by atoms with van der Waals surface area (Å²) >= 11 is 0. The second-order valence-electron chi connectivity index (χ2n) is 8.07. The molecular weight excluding hydrogens is 328 g/mol. The summed E-state index contributed by atoms with van der Waals surface area (Å²) in [6.07, 6.45) is 3.82. The summed E-state index contributed by atoms with van der Waals surface area (Å²) in [4.78, 5) is 24.4. The lowest BCUT2D eigenvalue weighted by molar-refractivity contribution is -0.146. The predicted octanol–water partition coefficient (Wildman–Crippen LogP) is 4.55. The van der Waals surface area contributed by atoms with Crippen molar-refractivity contribution in [1.82, 2.24) is 0 Å². The van der Waals surface area contributed by atoms with Gasteiger partial charge in [0, 0.05) is 0 Å². The molecule has 1 aliphatic carbocycles. The third kappa shape index (κ3) is 4.17. The van der Waals surface area contributed by atoms with Crippen molar-refractivity contribution in [2.24, 2.45) is 0 Å². The largest absolute Gasteiger partial charge is 0.462 e. The van der Waals surface area contributed by atoms with Gasteiger partial charge < -0.3 is 9.47 Å². The molecule has 1 aromatic carbocycles. The van der Waals surface area contributed by atoms with E-state index in [0.29, 0.717) is 0 Å². The molecule has 26 heavy (non-hydrogen) atoms. The minimum absolute atomic E-state index is 0.0583. The van der Waals surface area contributed by atoms with Gasteiger partial charge >= 0.3 is 11.9 Å². The van der Waals surface area contributed by atoms with Crippen LogP contribution in [0, 0.1) is 0 Å². The topological polar surface area (TPSA) is 52.6 Å². The Morgan fingerprint density at radius 3 is 1.92 bits per heavy atom. The van der Waals surface area contributed by atoms with Crippen molar-refractivity contribution in [3.63, 3.8) is 0 Å². The number of esters is 2. The Morgan fingerprint density at radius 2 is 1.42 bits per heavy atom. The smallest absolute Gasteiger partial charge is 0.345 e. The molecule has 4 heteroatoms. The Kier molecular flexibility index (Phi) is 5.94. The summed E-state index contributed by atoms with van der Waals surface area (Å²) < 4.78 is 10.0. The number of carbonyl (C=O) groups is 2. The highest BCUT2D eigenvalue weighted by Crippen LogP contribution is 2.46. The zero-order valence-corrected chi connectivity index (χ0v) is 16.8. The fourth-order valence-corrected chi connectivity index (χ4v) is 3.48. The van der Waals surface area contributed by atoms with Crippen LogP contribution in [0.2, 0.25) is 0 Å². The fraction of sp³-hybridized carbons (Fsp3) is 0.545. The summed E-state index contributed by atoms with van der Waals surface area (Å²) in [5, 5.41) is 0. The third-order valence-corrected chi connectivity index (χ3v) is 5.18. The summed E-state index contributed by atoms with van der Waals surface area (Å²) in [5.74, 6) is -1.30. The van der Waals surface area contributed by atoms with E-state index >= 15 is 0 Å². The molecule has 0 amide bonds. The van der Waals surface area contributed by atoms with Gasteiger partial charge in [-0.15, -0.1) is 0 Å². The van der Waals surface area contributed by atoms with E-state index in [1.165, 1.54) is 11.1 Å². The van der Waals surface area contributed by atoms with Crippen molar-refractivity contribution in [1.29, 1.82) is 0 Å². The van der Waals surface area contributed by atoms with Crippen LogP contribution in [0.15, 0.2) is 23.8 Å². The molecule has 0 saturated carbocycles. The summed E-state index contributed by atoms with van der Waals surface area (Å²) in [5.41, 5.74) is 3.53. The molecule has 0 atom stereocenters. The number of ether oxygens (including phenoxy) is 2. The molecule has 0 bridgehead atoms. The van der Waals surface area contributed by atoms with Crippen molar-refractivity contribution in [2.75, 3.05) is 13.2 Å². The normalized spacial score (nSPS) is 17.0. The Balaban J connectivity index is 2.51. The van der Waals surface area contributed by atoms with Crippen LogP contribution < -0.4 is 0 Å². The Labute approximate surface area is 156 Å². The van der Waals surface area contributed by atoms with E-state index < -0.39 is 11.9 Å². The first-order chi connectivity index (χ1) is 12.1. The Hall–Kier alpha value is -2.10. The van der Waals surface area contributed by atoms with Crippen molar-refractivity contribution >= 4 is 18.0 Å². The maximum atomic E-state index is 12.2. The summed E-state index contributed by atoms with van der Waals surface area (Å²) in [7, 11) is 0. The standard InChI is InChI=1S/C22H30O4/c1-7-25-19(23)16(20(24)26-8-2)13-15-9-10-17-18(14-15)22(5,6)12-11-21(17,3)4/h9-10,13-14H,7-8,11-12H2,1-6H3.